The molecule has 1 aromatic rings. The molecule has 112 valence electrons. The maximum absolute atomic E-state index is 12.1. The zero-order valence-electron chi connectivity index (χ0n) is 11.8. The minimum atomic E-state index is -3.28. The summed E-state index contributed by atoms with van der Waals surface area (Å²) in [5.74, 6) is 1.33. The molecular formula is C14H22N2O3S. The van der Waals surface area contributed by atoms with Crippen molar-refractivity contribution in [3.05, 3.63) is 24.3 Å². The van der Waals surface area contributed by atoms with Crippen LogP contribution in [0.25, 0.3) is 0 Å². The average Bonchev–Trinajstić information content (AvgIpc) is 2.46. The standard InChI is InChI=1S/C14H22N2O3S/c1-19-14-4-2-3-13(11-14)16-20(17,18)10-7-12-5-8-15-9-6-12/h2-4,11-12,15-16H,5-10H2,1H3. The highest BCUT2D eigenvalue weighted by Gasteiger charge is 2.17. The van der Waals surface area contributed by atoms with Crippen molar-refractivity contribution >= 4 is 15.7 Å². The molecule has 2 N–H and O–H groups in total. The molecule has 1 heterocycles. The van der Waals surface area contributed by atoms with Crippen LogP contribution < -0.4 is 14.8 Å². The number of ether oxygens (including phenoxy) is 1. The van der Waals surface area contributed by atoms with Crippen molar-refractivity contribution in [3.63, 3.8) is 0 Å². The van der Waals surface area contributed by atoms with Gasteiger partial charge in [-0.25, -0.2) is 8.42 Å². The van der Waals surface area contributed by atoms with E-state index in [1.165, 1.54) is 0 Å². The number of anilines is 1. The van der Waals surface area contributed by atoms with E-state index in [0.29, 0.717) is 17.4 Å². The van der Waals surface area contributed by atoms with E-state index >= 15 is 0 Å². The molecule has 1 saturated heterocycles. The molecule has 0 unspecified atom stereocenters. The molecule has 5 nitrogen and oxygen atoms in total. The largest absolute Gasteiger partial charge is 0.497 e. The molecule has 2 rings (SSSR count). The first-order chi connectivity index (χ1) is 9.59. The molecule has 1 aliphatic heterocycles. The van der Waals surface area contributed by atoms with E-state index in [2.05, 4.69) is 10.0 Å². The molecule has 1 aromatic carbocycles. The number of methoxy groups -OCH3 is 1. The second-order valence-corrected chi connectivity index (χ2v) is 6.98. The zero-order valence-corrected chi connectivity index (χ0v) is 12.6. The molecular weight excluding hydrogens is 276 g/mol. The van der Waals surface area contributed by atoms with Gasteiger partial charge in [0.1, 0.15) is 5.75 Å². The fraction of sp³-hybridized carbons (Fsp3) is 0.571. The van der Waals surface area contributed by atoms with Crippen LogP contribution in [0.5, 0.6) is 5.75 Å². The monoisotopic (exact) mass is 298 g/mol. The summed E-state index contributed by atoms with van der Waals surface area (Å²) in [4.78, 5) is 0. The van der Waals surface area contributed by atoms with Crippen molar-refractivity contribution < 1.29 is 13.2 Å². The smallest absolute Gasteiger partial charge is 0.232 e. The fourth-order valence-corrected chi connectivity index (χ4v) is 3.64. The molecule has 0 spiro atoms. The zero-order chi connectivity index (χ0) is 14.4. The second-order valence-electron chi connectivity index (χ2n) is 5.13. The number of nitrogens with one attached hydrogen (secondary N) is 2. The van der Waals surface area contributed by atoms with Crippen LogP contribution in [-0.2, 0) is 10.0 Å². The quantitative estimate of drug-likeness (QED) is 0.841. The van der Waals surface area contributed by atoms with E-state index in [1.807, 2.05) is 0 Å². The summed E-state index contributed by atoms with van der Waals surface area (Å²) in [6, 6.07) is 6.96. The molecule has 1 aliphatic rings. The Morgan fingerprint density at radius 1 is 1.35 bits per heavy atom. The number of piperidine rings is 1. The van der Waals surface area contributed by atoms with Gasteiger partial charge in [0.05, 0.1) is 18.6 Å². The molecule has 6 heteroatoms. The molecule has 0 atom stereocenters. The first-order valence-corrected chi connectivity index (χ1v) is 8.59. The number of benzene rings is 1. The van der Waals surface area contributed by atoms with Gasteiger partial charge < -0.3 is 10.1 Å². The third kappa shape index (κ3) is 4.68. The van der Waals surface area contributed by atoms with Gasteiger partial charge in [-0.05, 0) is 50.4 Å². The first kappa shape index (κ1) is 15.1. The molecule has 0 aliphatic carbocycles. The van der Waals surface area contributed by atoms with Gasteiger partial charge in [-0.2, -0.15) is 0 Å². The van der Waals surface area contributed by atoms with Crippen LogP contribution in [-0.4, -0.2) is 34.4 Å². The summed E-state index contributed by atoms with van der Waals surface area (Å²) >= 11 is 0. The normalized spacial score (nSPS) is 16.9. The van der Waals surface area contributed by atoms with Gasteiger partial charge in [-0.15, -0.1) is 0 Å². The number of sulfonamides is 1. The van der Waals surface area contributed by atoms with Crippen molar-refractivity contribution in [3.8, 4) is 5.75 Å². The van der Waals surface area contributed by atoms with Crippen molar-refractivity contribution in [2.45, 2.75) is 19.3 Å². The Bertz CT molecular complexity index is 525. The molecule has 0 saturated carbocycles. The third-order valence-electron chi connectivity index (χ3n) is 3.60. The van der Waals surface area contributed by atoms with E-state index in [1.54, 1.807) is 31.4 Å². The number of rotatable bonds is 6. The second kappa shape index (κ2) is 6.95. The Balaban J connectivity index is 1.89. The Morgan fingerprint density at radius 3 is 2.80 bits per heavy atom. The highest BCUT2D eigenvalue weighted by atomic mass is 32.2. The summed E-state index contributed by atoms with van der Waals surface area (Å²) in [6.45, 7) is 1.99. The molecule has 0 bridgehead atoms. The molecule has 0 radical (unpaired) electrons. The predicted octanol–water partition coefficient (Wildman–Crippen LogP) is 1.83. The lowest BCUT2D eigenvalue weighted by atomic mass is 9.96. The van der Waals surface area contributed by atoms with Gasteiger partial charge in [-0.3, -0.25) is 4.72 Å². The van der Waals surface area contributed by atoms with Crippen LogP contribution in [0, 0.1) is 5.92 Å². The van der Waals surface area contributed by atoms with Crippen LogP contribution in [0.3, 0.4) is 0 Å². The van der Waals surface area contributed by atoms with Gasteiger partial charge in [0.25, 0.3) is 0 Å². The molecule has 0 amide bonds. The number of hydrogen-bond acceptors (Lipinski definition) is 4. The lowest BCUT2D eigenvalue weighted by Gasteiger charge is -2.22. The predicted molar refractivity (Wildman–Crippen MR) is 80.6 cm³/mol. The van der Waals surface area contributed by atoms with Gasteiger partial charge in [0.2, 0.25) is 10.0 Å². The summed E-state index contributed by atoms with van der Waals surface area (Å²) in [5, 5.41) is 3.29. The van der Waals surface area contributed by atoms with E-state index in [4.69, 9.17) is 4.74 Å². The Kier molecular flexibility index (Phi) is 5.25. The van der Waals surface area contributed by atoms with Crippen LogP contribution in [0.1, 0.15) is 19.3 Å². The lowest BCUT2D eigenvalue weighted by molar-refractivity contribution is 0.365. The van der Waals surface area contributed by atoms with E-state index in [9.17, 15) is 8.42 Å². The topological polar surface area (TPSA) is 67.4 Å². The maximum Gasteiger partial charge on any atom is 0.232 e. The minimum absolute atomic E-state index is 0.175. The third-order valence-corrected chi connectivity index (χ3v) is 4.92. The Hall–Kier alpha value is -1.27. The van der Waals surface area contributed by atoms with Crippen molar-refractivity contribution in [2.24, 2.45) is 5.92 Å². The summed E-state index contributed by atoms with van der Waals surface area (Å²) in [6.07, 6.45) is 2.85. The van der Waals surface area contributed by atoms with Crippen molar-refractivity contribution in [1.82, 2.24) is 5.32 Å². The highest BCUT2D eigenvalue weighted by molar-refractivity contribution is 7.92. The van der Waals surface area contributed by atoms with Gasteiger partial charge in [-0.1, -0.05) is 6.07 Å². The van der Waals surface area contributed by atoms with E-state index in [0.717, 1.165) is 32.4 Å². The molecule has 20 heavy (non-hydrogen) atoms. The summed E-state index contributed by atoms with van der Waals surface area (Å²) < 4.78 is 31.8. The van der Waals surface area contributed by atoms with Crippen molar-refractivity contribution in [1.29, 1.82) is 0 Å². The van der Waals surface area contributed by atoms with Crippen molar-refractivity contribution in [2.75, 3.05) is 30.7 Å². The van der Waals surface area contributed by atoms with E-state index < -0.39 is 10.0 Å². The van der Waals surface area contributed by atoms with Gasteiger partial charge in [0.15, 0.2) is 0 Å². The van der Waals surface area contributed by atoms with Gasteiger partial charge in [0, 0.05) is 6.07 Å². The van der Waals surface area contributed by atoms with Gasteiger partial charge >= 0.3 is 0 Å². The van der Waals surface area contributed by atoms with Crippen LogP contribution >= 0.6 is 0 Å². The van der Waals surface area contributed by atoms with Crippen LogP contribution in [0.15, 0.2) is 24.3 Å². The molecule has 0 aromatic heterocycles. The minimum Gasteiger partial charge on any atom is -0.497 e. The fourth-order valence-electron chi connectivity index (χ4n) is 2.41. The first-order valence-electron chi connectivity index (χ1n) is 6.94. The SMILES string of the molecule is COc1cccc(NS(=O)(=O)CCC2CCNCC2)c1. The number of hydrogen-bond donors (Lipinski definition) is 2. The van der Waals surface area contributed by atoms with E-state index in [-0.39, 0.29) is 5.75 Å². The van der Waals surface area contributed by atoms with Crippen LogP contribution in [0.4, 0.5) is 5.69 Å². The Labute approximate surface area is 120 Å². The average molecular weight is 298 g/mol. The lowest BCUT2D eigenvalue weighted by Crippen LogP contribution is -2.29. The highest BCUT2D eigenvalue weighted by Crippen LogP contribution is 2.20. The summed E-state index contributed by atoms with van der Waals surface area (Å²) in [7, 11) is -1.72. The summed E-state index contributed by atoms with van der Waals surface area (Å²) in [5.41, 5.74) is 0.551. The maximum atomic E-state index is 12.1. The Morgan fingerprint density at radius 2 is 2.10 bits per heavy atom. The van der Waals surface area contributed by atoms with Crippen LogP contribution in [0.2, 0.25) is 0 Å². The molecule has 1 fully saturated rings.